The van der Waals surface area contributed by atoms with Crippen molar-refractivity contribution in [2.45, 2.75) is 29.3 Å². The first-order valence-electron chi connectivity index (χ1n) is 9.33. The van der Waals surface area contributed by atoms with E-state index in [-0.39, 0.29) is 40.9 Å². The van der Waals surface area contributed by atoms with Crippen LogP contribution < -0.4 is 15.5 Å². The maximum atomic E-state index is 13.4. The summed E-state index contributed by atoms with van der Waals surface area (Å²) in [5.41, 5.74) is -3.52. The Bertz CT molecular complexity index is 1110. The summed E-state index contributed by atoms with van der Waals surface area (Å²) >= 11 is 1.08. The molecule has 0 saturated carbocycles. The van der Waals surface area contributed by atoms with Crippen molar-refractivity contribution in [3.8, 4) is 10.7 Å². The molecule has 3 aromatic rings. The third kappa shape index (κ3) is 3.58. The van der Waals surface area contributed by atoms with Gasteiger partial charge in [-0.15, -0.1) is 11.3 Å². The normalized spacial score (nSPS) is 19.5. The zero-order chi connectivity index (χ0) is 20.9. The second kappa shape index (κ2) is 7.34. The van der Waals surface area contributed by atoms with E-state index in [9.17, 15) is 18.0 Å². The Kier molecular flexibility index (Phi) is 4.77. The number of alkyl halides is 3. The number of thioether (sulfide) groups is 1. The maximum Gasteiger partial charge on any atom is 0.446 e. The van der Waals surface area contributed by atoms with Gasteiger partial charge in [0.1, 0.15) is 6.04 Å². The maximum absolute atomic E-state index is 13.4. The number of urea groups is 1. The molecule has 12 heteroatoms. The number of thiophene rings is 1. The topological polar surface area (TPSA) is 83.3 Å². The third-order valence-electron chi connectivity index (χ3n) is 5.03. The molecular formula is C18H16F3N5O2S2. The Hall–Kier alpha value is -2.47. The Labute approximate surface area is 177 Å². The van der Waals surface area contributed by atoms with E-state index in [0.717, 1.165) is 36.3 Å². The van der Waals surface area contributed by atoms with Crippen molar-refractivity contribution in [1.82, 2.24) is 20.8 Å². The van der Waals surface area contributed by atoms with Gasteiger partial charge in [-0.1, -0.05) is 17.3 Å². The van der Waals surface area contributed by atoms with Crippen LogP contribution in [0.4, 0.5) is 23.7 Å². The molecule has 0 bridgehead atoms. The van der Waals surface area contributed by atoms with E-state index in [2.05, 4.69) is 25.7 Å². The van der Waals surface area contributed by atoms with Crippen molar-refractivity contribution in [3.05, 3.63) is 24.1 Å². The number of halogens is 3. The smallest absolute Gasteiger partial charge is 0.370 e. The van der Waals surface area contributed by atoms with Crippen molar-refractivity contribution < 1.29 is 22.5 Å². The Morgan fingerprint density at radius 1 is 1.27 bits per heavy atom. The number of anilines is 1. The Morgan fingerprint density at radius 3 is 2.77 bits per heavy atom. The quantitative estimate of drug-likeness (QED) is 0.563. The summed E-state index contributed by atoms with van der Waals surface area (Å²) in [4.78, 5) is 18.2. The average Bonchev–Trinajstić information content (AvgIpc) is 3.47. The first-order chi connectivity index (χ1) is 14.4. The van der Waals surface area contributed by atoms with Crippen LogP contribution in [0, 0.1) is 0 Å². The summed E-state index contributed by atoms with van der Waals surface area (Å²) in [6.45, 7) is 2.04. The lowest BCUT2D eigenvalue weighted by Gasteiger charge is -2.18. The fraction of sp³-hybridized carbons (Fsp3) is 0.389. The number of rotatable bonds is 4. The lowest BCUT2D eigenvalue weighted by Crippen LogP contribution is -2.21. The molecule has 158 valence electrons. The van der Waals surface area contributed by atoms with Gasteiger partial charge in [-0.2, -0.15) is 18.2 Å². The second-order valence-corrected chi connectivity index (χ2v) is 9.12. The van der Waals surface area contributed by atoms with Crippen molar-refractivity contribution in [2.75, 3.05) is 24.5 Å². The van der Waals surface area contributed by atoms with Gasteiger partial charge >= 0.3 is 11.5 Å². The molecule has 4 heterocycles. The Morgan fingerprint density at radius 2 is 2.07 bits per heavy atom. The molecule has 2 aromatic heterocycles. The third-order valence-corrected chi connectivity index (χ3v) is 7.24. The van der Waals surface area contributed by atoms with Gasteiger partial charge in [-0.3, -0.25) is 0 Å². The van der Waals surface area contributed by atoms with E-state index in [0.29, 0.717) is 10.3 Å². The van der Waals surface area contributed by atoms with Crippen molar-refractivity contribution >= 4 is 44.9 Å². The molecule has 2 aliphatic heterocycles. The number of benzene rings is 1. The molecule has 0 radical (unpaired) electrons. The minimum Gasteiger partial charge on any atom is -0.370 e. The van der Waals surface area contributed by atoms with Gasteiger partial charge < -0.3 is 20.1 Å². The van der Waals surface area contributed by atoms with Crippen molar-refractivity contribution in [1.29, 1.82) is 0 Å². The van der Waals surface area contributed by atoms with Crippen LogP contribution in [0.15, 0.2) is 27.6 Å². The molecule has 0 aliphatic carbocycles. The predicted molar refractivity (Wildman–Crippen MR) is 108 cm³/mol. The van der Waals surface area contributed by atoms with Gasteiger partial charge in [0.2, 0.25) is 5.82 Å². The van der Waals surface area contributed by atoms with E-state index in [1.165, 1.54) is 11.3 Å². The molecule has 7 nitrogen and oxygen atoms in total. The molecule has 30 heavy (non-hydrogen) atoms. The van der Waals surface area contributed by atoms with E-state index in [1.807, 2.05) is 6.07 Å². The molecule has 0 unspecified atom stereocenters. The van der Waals surface area contributed by atoms with E-state index in [4.69, 9.17) is 4.52 Å². The number of nitrogens with zero attached hydrogens (tertiary/aromatic N) is 3. The van der Waals surface area contributed by atoms with Crippen LogP contribution in [0.1, 0.15) is 24.8 Å². The molecule has 0 spiro atoms. The van der Waals surface area contributed by atoms with Crippen LogP contribution in [0.3, 0.4) is 0 Å². The fourth-order valence-corrected chi connectivity index (χ4v) is 5.90. The lowest BCUT2D eigenvalue weighted by atomic mass is 10.2. The molecule has 2 N–H and O–H groups in total. The molecular weight excluding hydrogens is 439 g/mol. The summed E-state index contributed by atoms with van der Waals surface area (Å²) in [6, 6.07) is 4.56. The van der Waals surface area contributed by atoms with Crippen LogP contribution in [-0.2, 0) is 0 Å². The van der Waals surface area contributed by atoms with Gasteiger partial charge in [0.05, 0.1) is 15.3 Å². The molecule has 2 amide bonds. The number of carbonyl (C=O) groups excluding carboxylic acids is 1. The summed E-state index contributed by atoms with van der Waals surface area (Å²) < 4.78 is 46.2. The largest absolute Gasteiger partial charge is 0.446 e. The molecule has 2 fully saturated rings. The first kappa shape index (κ1) is 19.5. The fourth-order valence-electron chi connectivity index (χ4n) is 3.73. The average molecular weight is 455 g/mol. The number of carbonyl (C=O) groups is 1. The number of amides is 2. The van der Waals surface area contributed by atoms with Crippen molar-refractivity contribution in [3.63, 3.8) is 0 Å². The van der Waals surface area contributed by atoms with Crippen LogP contribution >= 0.6 is 23.1 Å². The van der Waals surface area contributed by atoms with Gasteiger partial charge in [-0.05, 0) is 30.7 Å². The zero-order valence-corrected chi connectivity index (χ0v) is 17.1. The minimum absolute atomic E-state index is 0.0736. The highest BCUT2D eigenvalue weighted by Crippen LogP contribution is 2.51. The van der Waals surface area contributed by atoms with Crippen molar-refractivity contribution in [2.24, 2.45) is 0 Å². The highest BCUT2D eigenvalue weighted by Gasteiger charge is 2.35. The van der Waals surface area contributed by atoms with E-state index >= 15 is 0 Å². The minimum atomic E-state index is -4.46. The van der Waals surface area contributed by atoms with E-state index < -0.39 is 11.6 Å². The van der Waals surface area contributed by atoms with Gasteiger partial charge in [-0.25, -0.2) is 4.79 Å². The number of fused-ring (bicyclic) bond motifs is 1. The number of hydrogen-bond donors (Lipinski definition) is 2. The molecule has 2 saturated heterocycles. The van der Waals surface area contributed by atoms with Gasteiger partial charge in [0, 0.05) is 29.9 Å². The van der Waals surface area contributed by atoms with Crippen LogP contribution in [0.2, 0.25) is 0 Å². The second-order valence-electron chi connectivity index (χ2n) is 7.02. The summed E-state index contributed by atoms with van der Waals surface area (Å²) in [7, 11) is 0. The van der Waals surface area contributed by atoms with Crippen LogP contribution in [0.5, 0.6) is 0 Å². The summed E-state index contributed by atoms with van der Waals surface area (Å²) in [5.74, 6) is 0.245. The molecule has 2 aliphatic rings. The van der Waals surface area contributed by atoms with Gasteiger partial charge in [0.15, 0.2) is 0 Å². The van der Waals surface area contributed by atoms with Gasteiger partial charge in [0.25, 0.3) is 5.89 Å². The monoisotopic (exact) mass is 455 g/mol. The molecule has 1 atom stereocenters. The number of aromatic nitrogens is 2. The highest BCUT2D eigenvalue weighted by atomic mass is 32.2. The molecule has 1 aromatic carbocycles. The SMILES string of the molecule is O=C1NC[C@H](c2nc(-c3sc4c(N5CCCC5)cccc4c3SC(F)(F)F)no2)N1. The number of nitrogens with one attached hydrogen (secondary N) is 2. The summed E-state index contributed by atoms with van der Waals surface area (Å²) in [6.07, 6.45) is 2.13. The number of hydrogen-bond acceptors (Lipinski definition) is 7. The first-order valence-corrected chi connectivity index (χ1v) is 11.0. The Balaban J connectivity index is 1.61. The predicted octanol–water partition coefficient (Wildman–Crippen LogP) is 4.52. The van der Waals surface area contributed by atoms with Crippen LogP contribution in [0.25, 0.3) is 20.8 Å². The zero-order valence-electron chi connectivity index (χ0n) is 15.5. The van der Waals surface area contributed by atoms with E-state index in [1.54, 1.807) is 12.1 Å². The molecule has 5 rings (SSSR count). The standard InChI is InChI=1S/C18H16F3N5O2S2/c19-18(20,21)30-13-9-4-3-5-11(26-6-1-2-7-26)12(9)29-14(13)15-24-16(28-25-15)10-8-22-17(27)23-10/h3-5,10H,1-2,6-8H2,(H2,22,23,27)/t10-/m1/s1. The van der Waals surface area contributed by atoms with Crippen LogP contribution in [-0.4, -0.2) is 41.3 Å². The summed E-state index contributed by atoms with van der Waals surface area (Å²) in [5, 5.41) is 9.66. The lowest BCUT2D eigenvalue weighted by molar-refractivity contribution is -0.0327. The highest BCUT2D eigenvalue weighted by molar-refractivity contribution is 8.00.